The number of benzene rings is 1. The number of nitrogens with one attached hydrogen (secondary N) is 1. The third-order valence-corrected chi connectivity index (χ3v) is 5.01. The zero-order valence-electron chi connectivity index (χ0n) is 16.1. The van der Waals surface area contributed by atoms with E-state index in [2.05, 4.69) is 10.3 Å². The van der Waals surface area contributed by atoms with E-state index in [0.29, 0.717) is 37.6 Å². The first-order valence-corrected chi connectivity index (χ1v) is 9.41. The molecule has 2 aromatic heterocycles. The number of aromatic nitrogens is 1. The van der Waals surface area contributed by atoms with Gasteiger partial charge >= 0.3 is 5.69 Å². The number of anilines is 2. The minimum atomic E-state index is -0.967. The van der Waals surface area contributed by atoms with Gasteiger partial charge in [-0.25, -0.2) is 0 Å². The highest BCUT2D eigenvalue weighted by Crippen LogP contribution is 2.31. The molecule has 0 aliphatic carbocycles. The average molecular weight is 425 g/mol. The van der Waals surface area contributed by atoms with Crippen LogP contribution in [0.25, 0.3) is 11.7 Å². The van der Waals surface area contributed by atoms with E-state index in [1.807, 2.05) is 11.0 Å². The van der Waals surface area contributed by atoms with Crippen molar-refractivity contribution in [2.75, 3.05) is 23.3 Å². The van der Waals surface area contributed by atoms with Crippen LogP contribution in [0.1, 0.15) is 18.5 Å². The minimum Gasteiger partial charge on any atom is -0.459 e. The number of hydrogen-bond acceptors (Lipinski definition) is 8. The normalized spacial score (nSPS) is 14.3. The number of nitrogens with zero attached hydrogens (tertiary/aromatic N) is 4. The maximum Gasteiger partial charge on any atom is 0.306 e. The molecule has 3 aromatic rings. The summed E-state index contributed by atoms with van der Waals surface area (Å²) in [6.45, 7) is 0.895. The van der Waals surface area contributed by atoms with Gasteiger partial charge in [0.15, 0.2) is 5.76 Å². The molecule has 0 spiro atoms. The fraction of sp³-hybridized carbons (Fsp3) is 0.250. The second-order valence-electron chi connectivity index (χ2n) is 6.94. The lowest BCUT2D eigenvalue weighted by molar-refractivity contribution is -0.387. The molecular weight excluding hydrogens is 409 g/mol. The van der Waals surface area contributed by atoms with Gasteiger partial charge in [0.1, 0.15) is 6.07 Å². The van der Waals surface area contributed by atoms with Crippen LogP contribution in [-0.2, 0) is 4.79 Å². The van der Waals surface area contributed by atoms with E-state index < -0.39 is 16.4 Å². The molecule has 1 fully saturated rings. The molecule has 1 aliphatic rings. The van der Waals surface area contributed by atoms with Gasteiger partial charge in [-0.15, -0.1) is 0 Å². The number of furan rings is 1. The summed E-state index contributed by atoms with van der Waals surface area (Å²) in [7, 11) is 0. The molecule has 1 aliphatic heterocycles. The predicted molar refractivity (Wildman–Crippen MR) is 106 cm³/mol. The van der Waals surface area contributed by atoms with E-state index in [1.165, 1.54) is 12.3 Å². The van der Waals surface area contributed by atoms with Crippen molar-refractivity contribution in [3.8, 4) is 17.7 Å². The molecule has 0 atom stereocenters. The minimum absolute atomic E-state index is 0.132. The Morgan fingerprint density at radius 2 is 2.13 bits per heavy atom. The lowest BCUT2D eigenvalue weighted by atomic mass is 9.96. The first-order valence-electron chi connectivity index (χ1n) is 9.41. The topological polar surface area (TPSA) is 138 Å². The molecule has 1 amide bonds. The van der Waals surface area contributed by atoms with Crippen LogP contribution in [0, 0.1) is 33.2 Å². The molecule has 158 valence electrons. The Hall–Kier alpha value is -4.20. The molecule has 31 heavy (non-hydrogen) atoms. The lowest BCUT2D eigenvalue weighted by Crippen LogP contribution is -2.38. The van der Waals surface area contributed by atoms with Crippen molar-refractivity contribution in [3.05, 3.63) is 58.2 Å². The zero-order valence-corrected chi connectivity index (χ0v) is 16.1. The highest BCUT2D eigenvalue weighted by molar-refractivity contribution is 5.93. The Kier molecular flexibility index (Phi) is 5.36. The molecule has 0 saturated carbocycles. The molecule has 1 N–H and O–H groups in total. The van der Waals surface area contributed by atoms with Gasteiger partial charge < -0.3 is 19.1 Å². The summed E-state index contributed by atoms with van der Waals surface area (Å²) in [6.07, 6.45) is 2.42. The van der Waals surface area contributed by atoms with Gasteiger partial charge in [-0.05, 0) is 37.1 Å². The van der Waals surface area contributed by atoms with Gasteiger partial charge in [0.25, 0.3) is 5.89 Å². The highest BCUT2D eigenvalue weighted by Gasteiger charge is 2.29. The second kappa shape index (κ2) is 8.27. The van der Waals surface area contributed by atoms with Crippen molar-refractivity contribution >= 4 is 23.2 Å². The number of piperidine rings is 1. The fourth-order valence-electron chi connectivity index (χ4n) is 3.42. The van der Waals surface area contributed by atoms with Crippen LogP contribution in [0.3, 0.4) is 0 Å². The van der Waals surface area contributed by atoms with E-state index in [0.717, 1.165) is 12.1 Å². The number of nitriles is 1. The number of hydrogen-bond donors (Lipinski definition) is 1. The van der Waals surface area contributed by atoms with Crippen molar-refractivity contribution in [3.63, 3.8) is 0 Å². The largest absolute Gasteiger partial charge is 0.459 e. The quantitative estimate of drug-likeness (QED) is 0.482. The van der Waals surface area contributed by atoms with Crippen molar-refractivity contribution in [1.29, 1.82) is 5.26 Å². The first-order chi connectivity index (χ1) is 15.0. The van der Waals surface area contributed by atoms with Crippen molar-refractivity contribution in [2.45, 2.75) is 12.8 Å². The van der Waals surface area contributed by atoms with E-state index in [4.69, 9.17) is 8.83 Å². The fourth-order valence-corrected chi connectivity index (χ4v) is 3.42. The van der Waals surface area contributed by atoms with Gasteiger partial charge in [0.05, 0.1) is 11.2 Å². The van der Waals surface area contributed by atoms with E-state index in [1.54, 1.807) is 12.1 Å². The van der Waals surface area contributed by atoms with Crippen molar-refractivity contribution in [2.24, 2.45) is 5.92 Å². The summed E-state index contributed by atoms with van der Waals surface area (Å²) in [5.41, 5.74) is -0.409. The van der Waals surface area contributed by atoms with Crippen molar-refractivity contribution in [1.82, 2.24) is 4.98 Å². The van der Waals surface area contributed by atoms with Crippen LogP contribution in [-0.4, -0.2) is 28.9 Å². The van der Waals surface area contributed by atoms with Gasteiger partial charge in [0.2, 0.25) is 23.3 Å². The Balaban J connectivity index is 1.41. The molecular formula is C20H16FN5O5. The highest BCUT2D eigenvalue weighted by atomic mass is 19.1. The smallest absolute Gasteiger partial charge is 0.306 e. The molecule has 11 heteroatoms. The first kappa shape index (κ1) is 20.1. The van der Waals surface area contributed by atoms with Gasteiger partial charge in [0, 0.05) is 30.8 Å². The predicted octanol–water partition coefficient (Wildman–Crippen LogP) is 3.71. The summed E-state index contributed by atoms with van der Waals surface area (Å²) in [6, 6.07) is 8.58. The number of nitro groups is 1. The van der Waals surface area contributed by atoms with E-state index in [-0.39, 0.29) is 29.1 Å². The number of oxazole rings is 1. The van der Waals surface area contributed by atoms with Crippen LogP contribution >= 0.6 is 0 Å². The number of amides is 1. The number of halogens is 1. The Morgan fingerprint density at radius 1 is 1.35 bits per heavy atom. The second-order valence-corrected chi connectivity index (χ2v) is 6.94. The van der Waals surface area contributed by atoms with Crippen LogP contribution < -0.4 is 10.2 Å². The van der Waals surface area contributed by atoms with Crippen LogP contribution in [0.2, 0.25) is 0 Å². The average Bonchev–Trinajstić information content (AvgIpc) is 3.44. The Labute approximate surface area is 175 Å². The molecule has 4 rings (SSSR count). The zero-order chi connectivity index (χ0) is 22.0. The van der Waals surface area contributed by atoms with Crippen LogP contribution in [0.4, 0.5) is 21.6 Å². The van der Waals surface area contributed by atoms with E-state index >= 15 is 0 Å². The maximum atomic E-state index is 13.5. The molecule has 0 bridgehead atoms. The van der Waals surface area contributed by atoms with Crippen LogP contribution in [0.5, 0.6) is 0 Å². The number of nitro benzene ring substituents is 1. The molecule has 0 unspecified atom stereocenters. The number of carbonyl (C=O) groups excluding carboxylic acids is 1. The SMILES string of the molecule is N#Cc1nc(-c2ccco2)oc1N1CCC(C(=O)Nc2ccc(F)c([N+](=O)[O-])c2)CC1. The third kappa shape index (κ3) is 4.09. The van der Waals surface area contributed by atoms with Gasteiger partial charge in [-0.3, -0.25) is 14.9 Å². The molecule has 1 saturated heterocycles. The molecule has 1 aromatic carbocycles. The molecule has 0 radical (unpaired) electrons. The summed E-state index contributed by atoms with van der Waals surface area (Å²) in [5, 5.41) is 22.8. The van der Waals surface area contributed by atoms with E-state index in [9.17, 15) is 24.6 Å². The standard InChI is InChI=1S/C20H16FN5O5/c21-14-4-3-13(10-16(14)26(28)29)23-18(27)12-5-7-25(8-6-12)20-15(11-22)24-19(31-20)17-2-1-9-30-17/h1-4,9-10,12H,5-8H2,(H,23,27). The monoisotopic (exact) mass is 425 g/mol. The summed E-state index contributed by atoms with van der Waals surface area (Å²) >= 11 is 0. The summed E-state index contributed by atoms with van der Waals surface area (Å²) in [4.78, 5) is 28.6. The third-order valence-electron chi connectivity index (χ3n) is 5.01. The number of rotatable bonds is 5. The molecule has 3 heterocycles. The number of carbonyl (C=O) groups is 1. The maximum absolute atomic E-state index is 13.5. The summed E-state index contributed by atoms with van der Waals surface area (Å²) < 4.78 is 24.4. The molecule has 10 nitrogen and oxygen atoms in total. The van der Waals surface area contributed by atoms with Crippen molar-refractivity contribution < 1.29 is 22.9 Å². The van der Waals surface area contributed by atoms with Gasteiger partial charge in [-0.1, -0.05) is 0 Å². The van der Waals surface area contributed by atoms with Crippen LogP contribution in [0.15, 0.2) is 45.4 Å². The Morgan fingerprint density at radius 3 is 2.77 bits per heavy atom. The summed E-state index contributed by atoms with van der Waals surface area (Å²) in [5.74, 6) is -0.694. The lowest BCUT2D eigenvalue weighted by Gasteiger charge is -2.30. The Bertz CT molecular complexity index is 1160. The van der Waals surface area contributed by atoms with Gasteiger partial charge in [-0.2, -0.15) is 14.6 Å².